The van der Waals surface area contributed by atoms with Crippen LogP contribution in [0.3, 0.4) is 0 Å². The average molecular weight is 200 g/mol. The van der Waals surface area contributed by atoms with Gasteiger partial charge in [-0.2, -0.15) is 0 Å². The first-order valence-electron chi connectivity index (χ1n) is 4.77. The Hall–Kier alpha value is -0.870. The van der Waals surface area contributed by atoms with Crippen molar-refractivity contribution >= 4 is 5.97 Å². The lowest BCUT2D eigenvalue weighted by Crippen LogP contribution is -2.19. The SMILES string of the molecule is CCOC(OCC)C1=C[C@@H]1C(=O)OC. The number of esters is 1. The molecule has 1 atom stereocenters. The highest BCUT2D eigenvalue weighted by molar-refractivity contribution is 5.83. The number of carbonyl (C=O) groups excluding carboxylic acids is 1. The van der Waals surface area contributed by atoms with Crippen LogP contribution in [0.2, 0.25) is 0 Å². The molecule has 0 aliphatic heterocycles. The monoisotopic (exact) mass is 200 g/mol. The van der Waals surface area contributed by atoms with Gasteiger partial charge >= 0.3 is 5.97 Å². The molecule has 0 fully saturated rings. The molecule has 4 nitrogen and oxygen atoms in total. The molecule has 4 heteroatoms. The van der Waals surface area contributed by atoms with E-state index >= 15 is 0 Å². The second kappa shape index (κ2) is 5.12. The molecule has 0 unspecified atom stereocenters. The minimum Gasteiger partial charge on any atom is -0.468 e. The maximum Gasteiger partial charge on any atom is 0.316 e. The van der Waals surface area contributed by atoms with Crippen molar-refractivity contribution in [2.24, 2.45) is 5.92 Å². The molecule has 0 bridgehead atoms. The highest BCUT2D eigenvalue weighted by Crippen LogP contribution is 2.34. The molecule has 0 radical (unpaired) electrons. The Morgan fingerprint density at radius 2 is 2.00 bits per heavy atom. The summed E-state index contributed by atoms with van der Waals surface area (Å²) in [4.78, 5) is 11.1. The van der Waals surface area contributed by atoms with E-state index in [-0.39, 0.29) is 18.2 Å². The van der Waals surface area contributed by atoms with Gasteiger partial charge < -0.3 is 14.2 Å². The predicted octanol–water partition coefficient (Wildman–Crippen LogP) is 1.11. The average Bonchev–Trinajstić information content (AvgIpc) is 2.96. The fraction of sp³-hybridized carbons (Fsp3) is 0.700. The quantitative estimate of drug-likeness (QED) is 0.366. The zero-order chi connectivity index (χ0) is 10.6. The van der Waals surface area contributed by atoms with E-state index in [1.165, 1.54) is 7.11 Å². The fourth-order valence-corrected chi connectivity index (χ4v) is 1.24. The van der Waals surface area contributed by atoms with Crippen molar-refractivity contribution < 1.29 is 19.0 Å². The van der Waals surface area contributed by atoms with Crippen LogP contribution in [0.5, 0.6) is 0 Å². The van der Waals surface area contributed by atoms with E-state index in [0.717, 1.165) is 5.57 Å². The molecule has 0 spiro atoms. The van der Waals surface area contributed by atoms with E-state index in [1.807, 2.05) is 19.9 Å². The van der Waals surface area contributed by atoms with Gasteiger partial charge in [-0.25, -0.2) is 0 Å². The highest BCUT2D eigenvalue weighted by Gasteiger charge is 2.39. The van der Waals surface area contributed by atoms with Gasteiger partial charge in [0.2, 0.25) is 0 Å². The maximum absolute atomic E-state index is 11.1. The third-order valence-electron chi connectivity index (χ3n) is 1.97. The highest BCUT2D eigenvalue weighted by atomic mass is 16.7. The van der Waals surface area contributed by atoms with Crippen LogP contribution in [0.25, 0.3) is 0 Å². The van der Waals surface area contributed by atoms with Crippen LogP contribution in [-0.2, 0) is 19.0 Å². The van der Waals surface area contributed by atoms with Crippen LogP contribution in [0.15, 0.2) is 11.6 Å². The van der Waals surface area contributed by atoms with Crippen LogP contribution < -0.4 is 0 Å². The van der Waals surface area contributed by atoms with E-state index in [4.69, 9.17) is 9.47 Å². The van der Waals surface area contributed by atoms with E-state index in [0.29, 0.717) is 13.2 Å². The van der Waals surface area contributed by atoms with Gasteiger partial charge in [0.05, 0.1) is 7.11 Å². The largest absolute Gasteiger partial charge is 0.468 e. The molecule has 1 rings (SSSR count). The molecular weight excluding hydrogens is 184 g/mol. The standard InChI is InChI=1S/C10H16O4/c1-4-13-10(14-5-2)8-6-7(8)9(11)12-3/h6-7,10H,4-5H2,1-3H3/t7-/m0/s1. The number of rotatable bonds is 6. The van der Waals surface area contributed by atoms with Gasteiger partial charge in [-0.3, -0.25) is 4.79 Å². The van der Waals surface area contributed by atoms with Crippen molar-refractivity contribution in [3.05, 3.63) is 11.6 Å². The molecule has 14 heavy (non-hydrogen) atoms. The minimum atomic E-state index is -0.380. The van der Waals surface area contributed by atoms with E-state index in [2.05, 4.69) is 4.74 Å². The normalized spacial score (nSPS) is 19.4. The van der Waals surface area contributed by atoms with Crippen LogP contribution in [0.1, 0.15) is 13.8 Å². The molecule has 0 aromatic heterocycles. The van der Waals surface area contributed by atoms with Gasteiger partial charge in [-0.05, 0) is 13.8 Å². The lowest BCUT2D eigenvalue weighted by Gasteiger charge is -2.14. The van der Waals surface area contributed by atoms with Crippen molar-refractivity contribution in [1.82, 2.24) is 0 Å². The molecule has 0 heterocycles. The summed E-state index contributed by atoms with van der Waals surface area (Å²) in [6.07, 6.45) is 1.43. The predicted molar refractivity (Wildman–Crippen MR) is 50.6 cm³/mol. The van der Waals surface area contributed by atoms with Gasteiger partial charge in [0, 0.05) is 18.8 Å². The summed E-state index contributed by atoms with van der Waals surface area (Å²) in [6.45, 7) is 4.91. The number of ether oxygens (including phenoxy) is 3. The summed E-state index contributed by atoms with van der Waals surface area (Å²) in [6, 6.07) is 0. The molecule has 0 saturated carbocycles. The van der Waals surface area contributed by atoms with E-state index in [1.54, 1.807) is 0 Å². The second-order valence-electron chi connectivity index (χ2n) is 2.91. The van der Waals surface area contributed by atoms with Crippen LogP contribution in [0, 0.1) is 5.92 Å². The molecular formula is C10H16O4. The number of carbonyl (C=O) groups is 1. The van der Waals surface area contributed by atoms with Gasteiger partial charge in [-0.15, -0.1) is 0 Å². The Bertz CT molecular complexity index is 228. The molecule has 0 aromatic carbocycles. The topological polar surface area (TPSA) is 44.8 Å². The number of hydrogen-bond donors (Lipinski definition) is 0. The zero-order valence-electron chi connectivity index (χ0n) is 8.78. The Balaban J connectivity index is 2.40. The van der Waals surface area contributed by atoms with Gasteiger partial charge in [0.15, 0.2) is 6.29 Å². The Kier molecular flexibility index (Phi) is 4.10. The van der Waals surface area contributed by atoms with Crippen molar-refractivity contribution in [3.8, 4) is 0 Å². The summed E-state index contributed by atoms with van der Waals surface area (Å²) in [5, 5.41) is 0. The van der Waals surface area contributed by atoms with E-state index < -0.39 is 0 Å². The first kappa shape index (κ1) is 11.2. The summed E-state index contributed by atoms with van der Waals surface area (Å²) >= 11 is 0. The first-order valence-corrected chi connectivity index (χ1v) is 4.77. The number of hydrogen-bond acceptors (Lipinski definition) is 4. The van der Waals surface area contributed by atoms with Crippen molar-refractivity contribution in [3.63, 3.8) is 0 Å². The van der Waals surface area contributed by atoms with Gasteiger partial charge in [0.1, 0.15) is 5.92 Å². The van der Waals surface area contributed by atoms with Gasteiger partial charge in [0.25, 0.3) is 0 Å². The Morgan fingerprint density at radius 1 is 1.43 bits per heavy atom. The second-order valence-corrected chi connectivity index (χ2v) is 2.91. The van der Waals surface area contributed by atoms with Crippen molar-refractivity contribution in [2.45, 2.75) is 20.1 Å². The van der Waals surface area contributed by atoms with Gasteiger partial charge in [-0.1, -0.05) is 6.08 Å². The third kappa shape index (κ3) is 2.56. The zero-order valence-corrected chi connectivity index (χ0v) is 8.78. The van der Waals surface area contributed by atoms with Crippen molar-refractivity contribution in [2.75, 3.05) is 20.3 Å². The minimum absolute atomic E-state index is 0.233. The summed E-state index contributed by atoms with van der Waals surface area (Å²) < 4.78 is 15.3. The maximum atomic E-state index is 11.1. The summed E-state index contributed by atoms with van der Waals surface area (Å²) in [5.41, 5.74) is 0.876. The van der Waals surface area contributed by atoms with Crippen LogP contribution in [-0.4, -0.2) is 32.6 Å². The van der Waals surface area contributed by atoms with Crippen molar-refractivity contribution in [1.29, 1.82) is 0 Å². The molecule has 0 N–H and O–H groups in total. The third-order valence-corrected chi connectivity index (χ3v) is 1.97. The fourth-order valence-electron chi connectivity index (χ4n) is 1.24. The lowest BCUT2D eigenvalue weighted by molar-refractivity contribution is -0.144. The lowest BCUT2D eigenvalue weighted by atomic mass is 10.3. The van der Waals surface area contributed by atoms with E-state index in [9.17, 15) is 4.79 Å². The smallest absolute Gasteiger partial charge is 0.316 e. The molecule has 0 aromatic rings. The summed E-state index contributed by atoms with van der Waals surface area (Å²) in [7, 11) is 1.38. The Morgan fingerprint density at radius 3 is 2.43 bits per heavy atom. The molecule has 0 amide bonds. The first-order chi connectivity index (χ1) is 6.74. The molecule has 80 valence electrons. The molecule has 1 aliphatic carbocycles. The molecule has 1 aliphatic rings. The Labute approximate surface area is 83.8 Å². The molecule has 0 saturated heterocycles. The van der Waals surface area contributed by atoms with Crippen LogP contribution >= 0.6 is 0 Å². The summed E-state index contributed by atoms with van der Waals surface area (Å²) in [5.74, 6) is -0.479. The van der Waals surface area contributed by atoms with Crippen LogP contribution in [0.4, 0.5) is 0 Å². The number of methoxy groups -OCH3 is 1.